The normalized spacial score (nSPS) is 19.3. The van der Waals surface area contributed by atoms with E-state index in [0.29, 0.717) is 23.6 Å². The summed E-state index contributed by atoms with van der Waals surface area (Å²) >= 11 is 1.68. The molecule has 6 rings (SSSR count). The van der Waals surface area contributed by atoms with Crippen LogP contribution in [0.3, 0.4) is 0 Å². The monoisotopic (exact) mass is 457 g/mol. The van der Waals surface area contributed by atoms with Crippen LogP contribution >= 0.6 is 11.3 Å². The Morgan fingerprint density at radius 2 is 1.33 bits per heavy atom. The van der Waals surface area contributed by atoms with E-state index < -0.39 is 11.1 Å². The molecule has 0 bridgehead atoms. The number of benzene rings is 3. The number of rotatable bonds is 1. The van der Waals surface area contributed by atoms with Gasteiger partial charge in [-0.15, -0.1) is 11.3 Å². The molecule has 0 radical (unpaired) electrons. The largest absolute Gasteiger partial charge is 0.784 e. The lowest BCUT2D eigenvalue weighted by atomic mass is 9.78. The van der Waals surface area contributed by atoms with Crippen molar-refractivity contribution in [1.29, 1.82) is 0 Å². The molecule has 1 saturated heterocycles. The van der Waals surface area contributed by atoms with Gasteiger partial charge < -0.3 is 10.3 Å². The minimum absolute atomic E-state index is 0.254. The van der Waals surface area contributed by atoms with Crippen LogP contribution in [0.15, 0.2) is 58.1 Å². The number of hydroxylamine groups is 2. The van der Waals surface area contributed by atoms with Gasteiger partial charge in [-0.25, -0.2) is 0 Å². The SMILES string of the molecule is CC1(C)CC(n2c(=O)c3ccc4sc5ccccc5c5ccc(c2=O)c3c45)CC(C)(C)N1[O-]. The second-order valence-corrected chi connectivity index (χ2v) is 11.7. The first-order valence-electron chi connectivity index (χ1n) is 11.3. The van der Waals surface area contributed by atoms with Gasteiger partial charge in [0.1, 0.15) is 0 Å². The number of hydrogen-bond donors (Lipinski definition) is 0. The van der Waals surface area contributed by atoms with Gasteiger partial charge in [0.15, 0.2) is 0 Å². The molecule has 0 unspecified atom stereocenters. The molecule has 168 valence electrons. The van der Waals surface area contributed by atoms with Gasteiger partial charge in [-0.2, -0.15) is 0 Å². The topological polar surface area (TPSA) is 65.4 Å². The van der Waals surface area contributed by atoms with Crippen LogP contribution in [-0.2, 0) is 0 Å². The van der Waals surface area contributed by atoms with E-state index in [1.165, 1.54) is 9.27 Å². The van der Waals surface area contributed by atoms with Crippen molar-refractivity contribution < 1.29 is 0 Å². The maximum atomic E-state index is 13.8. The smallest absolute Gasteiger partial charge is 0.261 e. The highest BCUT2D eigenvalue weighted by atomic mass is 32.1. The molecule has 0 amide bonds. The Morgan fingerprint density at radius 3 is 2.00 bits per heavy atom. The Labute approximate surface area is 194 Å². The predicted octanol–water partition coefficient (Wildman–Crippen LogP) is 6.01. The summed E-state index contributed by atoms with van der Waals surface area (Å²) in [5, 5.41) is 19.1. The summed E-state index contributed by atoms with van der Waals surface area (Å²) in [6.07, 6.45) is 0.907. The second kappa shape index (κ2) is 6.63. The van der Waals surface area contributed by atoms with Gasteiger partial charge in [0.25, 0.3) is 11.1 Å². The van der Waals surface area contributed by atoms with Gasteiger partial charge in [0, 0.05) is 48.1 Å². The summed E-state index contributed by atoms with van der Waals surface area (Å²) in [5.74, 6) is 0. The first kappa shape index (κ1) is 20.8. The molecule has 5 nitrogen and oxygen atoms in total. The van der Waals surface area contributed by atoms with Crippen LogP contribution in [0, 0.1) is 5.21 Å². The van der Waals surface area contributed by atoms with Gasteiger partial charge in [-0.1, -0.05) is 24.3 Å². The molecular formula is C27H25N2O3S-. The average molecular weight is 458 g/mol. The highest BCUT2D eigenvalue weighted by molar-refractivity contribution is 7.25. The number of fused-ring (bicyclic) bond motifs is 2. The van der Waals surface area contributed by atoms with Gasteiger partial charge in [-0.05, 0) is 75.6 Å². The first-order chi connectivity index (χ1) is 15.6. The highest BCUT2D eigenvalue weighted by Crippen LogP contribution is 2.43. The molecule has 0 saturated carbocycles. The molecule has 0 atom stereocenters. The molecule has 33 heavy (non-hydrogen) atoms. The van der Waals surface area contributed by atoms with E-state index in [2.05, 4.69) is 12.1 Å². The van der Waals surface area contributed by atoms with E-state index in [-0.39, 0.29) is 17.2 Å². The fraction of sp³-hybridized carbons (Fsp3) is 0.333. The molecule has 0 spiro atoms. The van der Waals surface area contributed by atoms with Crippen LogP contribution in [0.4, 0.5) is 0 Å². The van der Waals surface area contributed by atoms with E-state index >= 15 is 0 Å². The maximum absolute atomic E-state index is 13.8. The van der Waals surface area contributed by atoms with Crippen molar-refractivity contribution >= 4 is 53.1 Å². The zero-order valence-corrected chi connectivity index (χ0v) is 20.0. The number of aromatic nitrogens is 1. The van der Waals surface area contributed by atoms with Crippen molar-refractivity contribution in [3.8, 4) is 0 Å². The zero-order valence-electron chi connectivity index (χ0n) is 19.1. The molecule has 2 aromatic heterocycles. The van der Waals surface area contributed by atoms with E-state index in [9.17, 15) is 14.8 Å². The first-order valence-corrected chi connectivity index (χ1v) is 12.1. The molecule has 5 aromatic rings. The highest BCUT2D eigenvalue weighted by Gasteiger charge is 2.41. The molecule has 0 aliphatic carbocycles. The lowest BCUT2D eigenvalue weighted by Crippen LogP contribution is -2.59. The molecule has 3 heterocycles. The van der Waals surface area contributed by atoms with E-state index in [4.69, 9.17) is 0 Å². The van der Waals surface area contributed by atoms with E-state index in [1.54, 1.807) is 11.3 Å². The van der Waals surface area contributed by atoms with Crippen molar-refractivity contribution in [3.63, 3.8) is 0 Å². The quantitative estimate of drug-likeness (QED) is 0.228. The van der Waals surface area contributed by atoms with Crippen molar-refractivity contribution in [1.82, 2.24) is 9.63 Å². The molecule has 6 heteroatoms. The third-order valence-corrected chi connectivity index (χ3v) is 8.49. The number of hydrogen-bond acceptors (Lipinski definition) is 5. The second-order valence-electron chi connectivity index (χ2n) is 10.6. The minimum atomic E-state index is -0.669. The van der Waals surface area contributed by atoms with Crippen molar-refractivity contribution in [2.45, 2.75) is 57.7 Å². The number of piperidine rings is 1. The van der Waals surface area contributed by atoms with Crippen molar-refractivity contribution in [3.05, 3.63) is 74.4 Å². The Kier molecular flexibility index (Phi) is 4.17. The summed E-state index contributed by atoms with van der Waals surface area (Å²) in [6, 6.07) is 15.7. The minimum Gasteiger partial charge on any atom is -0.784 e. The zero-order chi connectivity index (χ0) is 23.3. The summed E-state index contributed by atoms with van der Waals surface area (Å²) in [4.78, 5) is 27.6. The van der Waals surface area contributed by atoms with Gasteiger partial charge in [0.2, 0.25) is 0 Å². The molecule has 1 aliphatic heterocycles. The lowest BCUT2D eigenvalue weighted by molar-refractivity contribution is -0.00829. The molecule has 1 aliphatic rings. The fourth-order valence-corrected chi connectivity index (χ4v) is 7.22. The molecule has 3 aromatic carbocycles. The van der Waals surface area contributed by atoms with Crippen LogP contribution in [0.2, 0.25) is 0 Å². The summed E-state index contributed by atoms with van der Waals surface area (Å²) in [5.41, 5.74) is -1.85. The third kappa shape index (κ3) is 2.78. The van der Waals surface area contributed by atoms with Crippen molar-refractivity contribution in [2.24, 2.45) is 0 Å². The Balaban J connectivity index is 1.70. The lowest BCUT2D eigenvalue weighted by Gasteiger charge is -2.60. The van der Waals surface area contributed by atoms with Crippen molar-refractivity contribution in [2.75, 3.05) is 0 Å². The number of nitrogens with zero attached hydrogens (tertiary/aromatic N) is 2. The summed E-state index contributed by atoms with van der Waals surface area (Å²) in [6.45, 7) is 7.56. The van der Waals surface area contributed by atoms with Gasteiger partial charge in [-0.3, -0.25) is 14.2 Å². The molecule has 0 N–H and O–H groups in total. The van der Waals surface area contributed by atoms with Crippen LogP contribution in [-0.4, -0.2) is 20.7 Å². The van der Waals surface area contributed by atoms with Crippen LogP contribution in [0.1, 0.15) is 46.6 Å². The molecule has 1 fully saturated rings. The number of pyridine rings is 1. The fourth-order valence-electron chi connectivity index (χ4n) is 6.10. The Bertz CT molecular complexity index is 1640. The van der Waals surface area contributed by atoms with E-state index in [1.807, 2.05) is 64.1 Å². The Hall–Kier alpha value is -2.80. The van der Waals surface area contributed by atoms with Gasteiger partial charge >= 0.3 is 0 Å². The van der Waals surface area contributed by atoms with Gasteiger partial charge in [0.05, 0.1) is 0 Å². The van der Waals surface area contributed by atoms with Crippen LogP contribution in [0.5, 0.6) is 0 Å². The van der Waals surface area contributed by atoms with Crippen LogP contribution in [0.25, 0.3) is 41.7 Å². The molecular weight excluding hydrogens is 432 g/mol. The third-order valence-electron chi connectivity index (χ3n) is 7.35. The van der Waals surface area contributed by atoms with E-state index in [0.717, 1.165) is 31.3 Å². The predicted molar refractivity (Wildman–Crippen MR) is 138 cm³/mol. The van der Waals surface area contributed by atoms with Crippen LogP contribution < -0.4 is 11.1 Å². The standard InChI is InChI=1S/C27H25N2O3S/c1-26(2)13-15(14-27(3,4)29(26)32)28-24(30)18-10-9-17-16-7-5-6-8-20(16)33-21-12-11-19(25(28)31)22(18)23(17)21/h5-12,15H,13-14H2,1-4H3/q-1. The average Bonchev–Trinajstić information content (AvgIpc) is 2.77. The summed E-state index contributed by atoms with van der Waals surface area (Å²) < 4.78 is 3.68. The Morgan fingerprint density at radius 1 is 0.758 bits per heavy atom. The maximum Gasteiger partial charge on any atom is 0.261 e. The summed E-state index contributed by atoms with van der Waals surface area (Å²) in [7, 11) is 0.